The first-order valence-electron chi connectivity index (χ1n) is 9.09. The molecule has 9 nitrogen and oxygen atoms in total. The van der Waals surface area contributed by atoms with Crippen molar-refractivity contribution < 1.29 is 27.5 Å². The molecular formula is C19H14ClF3N6O3. The van der Waals surface area contributed by atoms with Crippen LogP contribution in [0, 0.1) is 0 Å². The summed E-state index contributed by atoms with van der Waals surface area (Å²) >= 11 is 5.84. The van der Waals surface area contributed by atoms with Gasteiger partial charge in [-0.15, -0.1) is 13.2 Å². The molecule has 3 amide bonds. The van der Waals surface area contributed by atoms with Crippen molar-refractivity contribution in [2.45, 2.75) is 12.4 Å². The number of fused-ring (bicyclic) bond motifs is 1. The zero-order valence-electron chi connectivity index (χ0n) is 16.0. The summed E-state index contributed by atoms with van der Waals surface area (Å²) in [6, 6.07) is 6.71. The lowest BCUT2D eigenvalue weighted by molar-refractivity contribution is -0.274. The number of nitrogens with one attached hydrogen (secondary N) is 2. The Hall–Kier alpha value is -3.80. The van der Waals surface area contributed by atoms with Gasteiger partial charge in [0.25, 0.3) is 0 Å². The van der Waals surface area contributed by atoms with E-state index < -0.39 is 30.1 Å². The molecule has 0 bridgehead atoms. The molecular weight excluding hydrogens is 453 g/mol. The van der Waals surface area contributed by atoms with E-state index in [-0.39, 0.29) is 12.4 Å². The number of hydrogen-bond acceptors (Lipinski definition) is 5. The fourth-order valence-corrected chi connectivity index (χ4v) is 3.33. The number of carbonyl (C=O) groups excluding carboxylic acids is 2. The van der Waals surface area contributed by atoms with Crippen molar-refractivity contribution in [2.24, 2.45) is 0 Å². The van der Waals surface area contributed by atoms with Crippen molar-refractivity contribution in [2.75, 3.05) is 16.8 Å². The van der Waals surface area contributed by atoms with Crippen LogP contribution in [-0.2, 0) is 4.79 Å². The number of urea groups is 1. The number of halogens is 4. The average Bonchev–Trinajstić information content (AvgIpc) is 3.16. The van der Waals surface area contributed by atoms with Gasteiger partial charge in [-0.3, -0.25) is 9.69 Å². The van der Waals surface area contributed by atoms with E-state index in [1.54, 1.807) is 12.1 Å². The molecule has 13 heteroatoms. The first-order valence-corrected chi connectivity index (χ1v) is 9.43. The summed E-state index contributed by atoms with van der Waals surface area (Å²) in [5, 5.41) is 9.25. The second-order valence-corrected chi connectivity index (χ2v) is 7.02. The van der Waals surface area contributed by atoms with Gasteiger partial charge in [0.2, 0.25) is 5.91 Å². The van der Waals surface area contributed by atoms with E-state index in [1.807, 2.05) is 0 Å². The molecule has 2 aromatic heterocycles. The quantitative estimate of drug-likeness (QED) is 0.613. The Balaban J connectivity index is 1.62. The number of benzene rings is 1. The lowest BCUT2D eigenvalue weighted by Crippen LogP contribution is -2.48. The number of pyridine rings is 1. The average molecular weight is 467 g/mol. The third-order valence-corrected chi connectivity index (χ3v) is 4.67. The lowest BCUT2D eigenvalue weighted by Gasteiger charge is -2.29. The Labute approximate surface area is 183 Å². The molecule has 1 atom stereocenters. The van der Waals surface area contributed by atoms with Gasteiger partial charge >= 0.3 is 12.4 Å². The SMILES string of the molecule is O=C1CN(C(=O)NC(c2ccc(OC(F)(F)F)cc2)c2cnn(Cl)c2)c2ncccc2N1. The van der Waals surface area contributed by atoms with Crippen LogP contribution in [0.15, 0.2) is 55.0 Å². The van der Waals surface area contributed by atoms with Gasteiger partial charge in [-0.05, 0) is 29.8 Å². The molecule has 0 saturated carbocycles. The Bertz CT molecular complexity index is 1150. The van der Waals surface area contributed by atoms with E-state index in [9.17, 15) is 22.8 Å². The van der Waals surface area contributed by atoms with Crippen molar-refractivity contribution >= 4 is 35.2 Å². The predicted octanol–water partition coefficient (Wildman–Crippen LogP) is 3.44. The van der Waals surface area contributed by atoms with Gasteiger partial charge in [0, 0.05) is 29.7 Å². The Morgan fingerprint density at radius 3 is 2.62 bits per heavy atom. The van der Waals surface area contributed by atoms with Gasteiger partial charge < -0.3 is 15.4 Å². The maximum absolute atomic E-state index is 13.1. The highest BCUT2D eigenvalue weighted by atomic mass is 35.5. The number of carbonyl (C=O) groups is 2. The van der Waals surface area contributed by atoms with E-state index >= 15 is 0 Å². The maximum Gasteiger partial charge on any atom is 0.573 e. The van der Waals surface area contributed by atoms with Crippen molar-refractivity contribution in [3.8, 4) is 5.75 Å². The summed E-state index contributed by atoms with van der Waals surface area (Å²) in [7, 11) is 0. The smallest absolute Gasteiger partial charge is 0.406 e. The molecule has 1 unspecified atom stereocenters. The molecule has 3 heterocycles. The van der Waals surface area contributed by atoms with E-state index in [4.69, 9.17) is 11.8 Å². The van der Waals surface area contributed by atoms with Gasteiger partial charge in [-0.2, -0.15) is 9.30 Å². The summed E-state index contributed by atoms with van der Waals surface area (Å²) in [5.74, 6) is -0.560. The van der Waals surface area contributed by atoms with Gasteiger partial charge in [0.05, 0.1) is 17.9 Å². The summed E-state index contributed by atoms with van der Waals surface area (Å²) in [6.45, 7) is -0.268. The molecule has 1 aliphatic heterocycles. The first-order chi connectivity index (χ1) is 15.2. The number of amides is 3. The molecule has 0 fully saturated rings. The highest BCUT2D eigenvalue weighted by Crippen LogP contribution is 2.30. The number of aromatic nitrogens is 3. The summed E-state index contributed by atoms with van der Waals surface area (Å²) in [6.07, 6.45) is -0.524. The normalized spacial score (nSPS) is 14.4. The minimum absolute atomic E-state index is 0.255. The molecule has 3 aromatic rings. The van der Waals surface area contributed by atoms with Crippen LogP contribution in [-0.4, -0.2) is 39.1 Å². The standard InChI is InChI=1S/C19H14ClF3N6O3/c20-29-9-12(8-25-29)16(11-3-5-13(6-4-11)32-19(21,22)23)27-18(31)28-10-15(30)26-14-2-1-7-24-17(14)28/h1-9,16H,10H2,(H,26,30)(H,27,31). The van der Waals surface area contributed by atoms with Crippen LogP contribution < -0.4 is 20.3 Å². The third-order valence-electron chi connectivity index (χ3n) is 4.48. The zero-order chi connectivity index (χ0) is 22.9. The van der Waals surface area contributed by atoms with Crippen molar-refractivity contribution in [1.29, 1.82) is 0 Å². The monoisotopic (exact) mass is 466 g/mol. The number of nitrogens with zero attached hydrogens (tertiary/aromatic N) is 4. The molecule has 0 radical (unpaired) electrons. The van der Waals surface area contributed by atoms with Gasteiger partial charge in [-0.1, -0.05) is 12.1 Å². The molecule has 0 saturated heterocycles. The van der Waals surface area contributed by atoms with Crippen LogP contribution in [0.1, 0.15) is 17.2 Å². The van der Waals surface area contributed by atoms with Crippen LogP contribution in [0.3, 0.4) is 0 Å². The van der Waals surface area contributed by atoms with Gasteiger partial charge in [-0.25, -0.2) is 9.78 Å². The topological polar surface area (TPSA) is 101 Å². The van der Waals surface area contributed by atoms with Crippen LogP contribution in [0.4, 0.5) is 29.5 Å². The summed E-state index contributed by atoms with van der Waals surface area (Å²) in [5.41, 5.74) is 1.26. The number of hydrogen-bond donors (Lipinski definition) is 2. The largest absolute Gasteiger partial charge is 0.573 e. The van der Waals surface area contributed by atoms with E-state index in [1.165, 1.54) is 30.7 Å². The van der Waals surface area contributed by atoms with Crippen molar-refractivity contribution in [3.63, 3.8) is 0 Å². The number of anilines is 2. The third kappa shape index (κ3) is 4.75. The minimum atomic E-state index is -4.83. The fraction of sp³-hybridized carbons (Fsp3) is 0.158. The highest BCUT2D eigenvalue weighted by molar-refractivity contribution is 6.14. The molecule has 0 spiro atoms. The predicted molar refractivity (Wildman–Crippen MR) is 107 cm³/mol. The van der Waals surface area contributed by atoms with E-state index in [0.29, 0.717) is 16.8 Å². The second kappa shape index (κ2) is 8.38. The Morgan fingerprint density at radius 1 is 1.22 bits per heavy atom. The van der Waals surface area contributed by atoms with Crippen LogP contribution in [0.25, 0.3) is 0 Å². The molecule has 0 aliphatic carbocycles. The molecule has 1 aliphatic rings. The highest BCUT2D eigenvalue weighted by Gasteiger charge is 2.32. The van der Waals surface area contributed by atoms with Crippen LogP contribution in [0.2, 0.25) is 0 Å². The van der Waals surface area contributed by atoms with Gasteiger partial charge in [0.15, 0.2) is 5.82 Å². The second-order valence-electron chi connectivity index (χ2n) is 6.67. The number of ether oxygens (including phenoxy) is 1. The maximum atomic E-state index is 13.1. The number of rotatable bonds is 4. The van der Waals surface area contributed by atoms with E-state index in [0.717, 1.165) is 21.2 Å². The first kappa shape index (κ1) is 21.4. The summed E-state index contributed by atoms with van der Waals surface area (Å²) < 4.78 is 42.2. The molecule has 166 valence electrons. The fourth-order valence-electron chi connectivity index (χ4n) is 3.17. The molecule has 4 rings (SSSR count). The zero-order valence-corrected chi connectivity index (χ0v) is 16.8. The van der Waals surface area contributed by atoms with Crippen molar-refractivity contribution in [1.82, 2.24) is 19.6 Å². The molecule has 2 N–H and O–H groups in total. The van der Waals surface area contributed by atoms with E-state index in [2.05, 4.69) is 25.5 Å². The Kier molecular flexibility index (Phi) is 5.61. The van der Waals surface area contributed by atoms with Crippen molar-refractivity contribution in [3.05, 3.63) is 66.1 Å². The Morgan fingerprint density at radius 2 is 1.97 bits per heavy atom. The number of alkyl halides is 3. The van der Waals surface area contributed by atoms with Gasteiger partial charge in [0.1, 0.15) is 12.3 Å². The lowest BCUT2D eigenvalue weighted by atomic mass is 10.0. The molecule has 32 heavy (non-hydrogen) atoms. The van der Waals surface area contributed by atoms with Crippen LogP contribution in [0.5, 0.6) is 5.75 Å². The summed E-state index contributed by atoms with van der Waals surface area (Å²) in [4.78, 5) is 30.4. The minimum Gasteiger partial charge on any atom is -0.406 e. The molecule has 1 aromatic carbocycles. The van der Waals surface area contributed by atoms with Crippen LogP contribution >= 0.6 is 11.8 Å².